The predicted molar refractivity (Wildman–Crippen MR) is 112 cm³/mol. The molecule has 0 bridgehead atoms. The van der Waals surface area contributed by atoms with E-state index in [4.69, 9.17) is 4.74 Å². The maximum atomic E-state index is 13.1. The Morgan fingerprint density at radius 3 is 2.90 bits per heavy atom. The minimum absolute atomic E-state index is 0.0119. The number of carbonyl (C=O) groups is 1. The van der Waals surface area contributed by atoms with Crippen LogP contribution in [0.15, 0.2) is 36.4 Å². The Hall–Kier alpha value is -3.04. The van der Waals surface area contributed by atoms with Gasteiger partial charge in [0.05, 0.1) is 26.1 Å². The van der Waals surface area contributed by atoms with E-state index in [0.717, 1.165) is 59.6 Å². The highest BCUT2D eigenvalue weighted by Gasteiger charge is 2.28. The van der Waals surface area contributed by atoms with E-state index in [9.17, 15) is 10.1 Å². The average Bonchev–Trinajstić information content (AvgIpc) is 3.21. The van der Waals surface area contributed by atoms with Crippen molar-refractivity contribution in [2.45, 2.75) is 25.9 Å². The number of amides is 1. The Morgan fingerprint density at radius 2 is 2.17 bits per heavy atom. The van der Waals surface area contributed by atoms with Crippen LogP contribution in [0.3, 0.4) is 0 Å². The van der Waals surface area contributed by atoms with Crippen LogP contribution < -0.4 is 15.0 Å². The standard InChI is InChI=1S/C23H26N4O2/c1-26(23(28)17-6-4-8-25-12-17)19-9-18-13-27(15-24)14-22(18)21(11-19)16-5-3-7-20(10-16)29-2/h3,5,7,9-11,17,25H,4,6,8,12-14H2,1-2H3/t17-/m1/s1. The van der Waals surface area contributed by atoms with Gasteiger partial charge in [-0.25, -0.2) is 0 Å². The fourth-order valence-electron chi connectivity index (χ4n) is 4.27. The highest BCUT2D eigenvalue weighted by molar-refractivity contribution is 5.96. The molecule has 2 aromatic rings. The van der Waals surface area contributed by atoms with Crippen LogP contribution >= 0.6 is 0 Å². The first-order valence-electron chi connectivity index (χ1n) is 10.0. The summed E-state index contributed by atoms with van der Waals surface area (Å²) in [5.74, 6) is 0.941. The molecule has 0 aliphatic carbocycles. The molecule has 0 unspecified atom stereocenters. The van der Waals surface area contributed by atoms with Crippen LogP contribution in [-0.2, 0) is 17.9 Å². The highest BCUT2D eigenvalue weighted by atomic mass is 16.5. The number of benzene rings is 2. The summed E-state index contributed by atoms with van der Waals surface area (Å²) in [5, 5.41) is 12.7. The zero-order chi connectivity index (χ0) is 20.4. The molecule has 2 heterocycles. The average molecular weight is 390 g/mol. The number of hydrogen-bond acceptors (Lipinski definition) is 5. The number of nitrogens with one attached hydrogen (secondary N) is 1. The van der Waals surface area contributed by atoms with Crippen molar-refractivity contribution in [2.24, 2.45) is 5.92 Å². The van der Waals surface area contributed by atoms with Crippen molar-refractivity contribution in [3.8, 4) is 23.1 Å². The van der Waals surface area contributed by atoms with Gasteiger partial charge in [-0.1, -0.05) is 12.1 Å². The van der Waals surface area contributed by atoms with E-state index in [2.05, 4.69) is 23.6 Å². The van der Waals surface area contributed by atoms with E-state index in [0.29, 0.717) is 13.1 Å². The van der Waals surface area contributed by atoms with Crippen LogP contribution in [0, 0.1) is 17.4 Å². The van der Waals surface area contributed by atoms with E-state index in [-0.39, 0.29) is 11.8 Å². The highest BCUT2D eigenvalue weighted by Crippen LogP contribution is 2.37. The number of carbonyl (C=O) groups excluding carboxylic acids is 1. The van der Waals surface area contributed by atoms with Crippen molar-refractivity contribution in [3.05, 3.63) is 47.5 Å². The third kappa shape index (κ3) is 3.79. The maximum Gasteiger partial charge on any atom is 0.231 e. The molecule has 2 aliphatic heterocycles. The molecule has 1 amide bonds. The third-order valence-corrected chi connectivity index (χ3v) is 5.92. The van der Waals surface area contributed by atoms with Crippen LogP contribution in [0.4, 0.5) is 5.69 Å². The first-order chi connectivity index (χ1) is 14.1. The minimum atomic E-state index is 0.0119. The Bertz CT molecular complexity index is 960. The lowest BCUT2D eigenvalue weighted by Gasteiger charge is -2.28. The summed E-state index contributed by atoms with van der Waals surface area (Å²) in [6.45, 7) is 2.88. The smallest absolute Gasteiger partial charge is 0.231 e. The van der Waals surface area contributed by atoms with Gasteiger partial charge in [-0.15, -0.1) is 0 Å². The van der Waals surface area contributed by atoms with E-state index in [1.807, 2.05) is 31.3 Å². The summed E-state index contributed by atoms with van der Waals surface area (Å²) in [6.07, 6.45) is 4.21. The second kappa shape index (κ2) is 8.14. The topological polar surface area (TPSA) is 68.6 Å². The molecule has 1 fully saturated rings. The monoisotopic (exact) mass is 390 g/mol. The number of nitrogens with zero attached hydrogens (tertiary/aromatic N) is 3. The molecule has 4 rings (SSSR count). The Labute approximate surface area is 171 Å². The minimum Gasteiger partial charge on any atom is -0.497 e. The number of piperidine rings is 1. The van der Waals surface area contributed by atoms with Crippen LogP contribution in [0.2, 0.25) is 0 Å². The van der Waals surface area contributed by atoms with Crippen LogP contribution in [-0.4, -0.2) is 38.1 Å². The van der Waals surface area contributed by atoms with Crippen molar-refractivity contribution in [1.82, 2.24) is 10.2 Å². The van der Waals surface area contributed by atoms with Crippen molar-refractivity contribution in [2.75, 3.05) is 32.1 Å². The molecule has 1 N–H and O–H groups in total. The Balaban J connectivity index is 1.74. The SMILES string of the molecule is COc1cccc(-c2cc(N(C)C(=O)[C@@H]3CCCNC3)cc3c2CN(C#N)C3)c1. The molecule has 29 heavy (non-hydrogen) atoms. The molecule has 150 valence electrons. The molecule has 0 saturated carbocycles. The molecule has 2 aliphatic rings. The van der Waals surface area contributed by atoms with Gasteiger partial charge in [-0.3, -0.25) is 4.79 Å². The molecule has 6 nitrogen and oxygen atoms in total. The molecular weight excluding hydrogens is 364 g/mol. The maximum absolute atomic E-state index is 13.1. The number of anilines is 1. The second-order valence-electron chi connectivity index (χ2n) is 7.76. The summed E-state index contributed by atoms with van der Waals surface area (Å²) in [5.41, 5.74) is 5.20. The number of hydrogen-bond donors (Lipinski definition) is 1. The van der Waals surface area contributed by atoms with Crippen LogP contribution in [0.1, 0.15) is 24.0 Å². The van der Waals surface area contributed by atoms with Gasteiger partial charge in [0, 0.05) is 19.3 Å². The zero-order valence-corrected chi connectivity index (χ0v) is 16.9. The van der Waals surface area contributed by atoms with Crippen molar-refractivity contribution in [1.29, 1.82) is 5.26 Å². The van der Waals surface area contributed by atoms with Gasteiger partial charge in [0.1, 0.15) is 5.75 Å². The fraction of sp³-hybridized carbons (Fsp3) is 0.391. The van der Waals surface area contributed by atoms with Gasteiger partial charge < -0.3 is 19.9 Å². The molecule has 0 spiro atoms. The fourth-order valence-corrected chi connectivity index (χ4v) is 4.27. The summed E-state index contributed by atoms with van der Waals surface area (Å²) in [4.78, 5) is 16.6. The number of nitriles is 1. The zero-order valence-electron chi connectivity index (χ0n) is 16.9. The molecule has 2 aromatic carbocycles. The molecule has 6 heteroatoms. The number of rotatable bonds is 4. The summed E-state index contributed by atoms with van der Waals surface area (Å²) < 4.78 is 5.40. The Morgan fingerprint density at radius 1 is 1.31 bits per heavy atom. The van der Waals surface area contributed by atoms with Gasteiger partial charge in [0.25, 0.3) is 0 Å². The first-order valence-corrected chi connectivity index (χ1v) is 10.0. The van der Waals surface area contributed by atoms with Gasteiger partial charge in [-0.2, -0.15) is 5.26 Å². The third-order valence-electron chi connectivity index (χ3n) is 5.92. The van der Waals surface area contributed by atoms with Crippen LogP contribution in [0.5, 0.6) is 5.75 Å². The largest absolute Gasteiger partial charge is 0.497 e. The summed E-state index contributed by atoms with van der Waals surface area (Å²) in [7, 11) is 3.51. The molecule has 0 aromatic heterocycles. The van der Waals surface area contributed by atoms with Crippen LogP contribution in [0.25, 0.3) is 11.1 Å². The molecule has 1 saturated heterocycles. The lowest BCUT2D eigenvalue weighted by molar-refractivity contribution is -0.122. The molecule has 0 radical (unpaired) electrons. The van der Waals surface area contributed by atoms with Crippen molar-refractivity contribution < 1.29 is 9.53 Å². The van der Waals surface area contributed by atoms with E-state index in [1.54, 1.807) is 16.9 Å². The predicted octanol–water partition coefficient (Wildman–Crippen LogP) is 3.12. The second-order valence-corrected chi connectivity index (χ2v) is 7.76. The van der Waals surface area contributed by atoms with Gasteiger partial charge in [0.2, 0.25) is 5.91 Å². The summed E-state index contributed by atoms with van der Waals surface area (Å²) in [6, 6.07) is 12.1. The van der Waals surface area contributed by atoms with E-state index in [1.165, 1.54) is 0 Å². The Kier molecular flexibility index (Phi) is 5.41. The number of ether oxygens (including phenoxy) is 1. The lowest BCUT2D eigenvalue weighted by Crippen LogP contribution is -2.41. The lowest BCUT2D eigenvalue weighted by atomic mass is 9.94. The van der Waals surface area contributed by atoms with Gasteiger partial charge in [-0.05, 0) is 65.9 Å². The number of fused-ring (bicyclic) bond motifs is 1. The van der Waals surface area contributed by atoms with Crippen molar-refractivity contribution in [3.63, 3.8) is 0 Å². The first kappa shape index (κ1) is 19.3. The normalized spacial score (nSPS) is 18.1. The molecular formula is C23H26N4O2. The van der Waals surface area contributed by atoms with E-state index < -0.39 is 0 Å². The summed E-state index contributed by atoms with van der Waals surface area (Å²) >= 11 is 0. The van der Waals surface area contributed by atoms with E-state index >= 15 is 0 Å². The number of methoxy groups -OCH3 is 1. The van der Waals surface area contributed by atoms with Crippen molar-refractivity contribution >= 4 is 11.6 Å². The van der Waals surface area contributed by atoms with Gasteiger partial charge in [0.15, 0.2) is 6.19 Å². The van der Waals surface area contributed by atoms with Gasteiger partial charge >= 0.3 is 0 Å². The quantitative estimate of drug-likeness (QED) is 0.813. The molecule has 1 atom stereocenters.